The van der Waals surface area contributed by atoms with Crippen molar-refractivity contribution in [3.8, 4) is 11.5 Å². The molecule has 0 bridgehead atoms. The van der Waals surface area contributed by atoms with E-state index >= 15 is 0 Å². The van der Waals surface area contributed by atoms with Gasteiger partial charge >= 0.3 is 0 Å². The number of ketones is 1. The molecule has 0 aliphatic carbocycles. The van der Waals surface area contributed by atoms with Gasteiger partial charge in [-0.2, -0.15) is 0 Å². The average Bonchev–Trinajstić information content (AvgIpc) is 2.95. The van der Waals surface area contributed by atoms with Crippen LogP contribution < -0.4 is 9.47 Å². The number of carbonyl (C=O) groups excluding carboxylic acids is 1. The number of carbonyl (C=O) groups is 1. The van der Waals surface area contributed by atoms with Crippen LogP contribution in [0.1, 0.15) is 41.0 Å². The first-order valence-electron chi connectivity index (χ1n) is 8.36. The maximum absolute atomic E-state index is 12.7. The minimum atomic E-state index is -0.0304. The van der Waals surface area contributed by atoms with Crippen LogP contribution in [0, 0.1) is 6.92 Å². The maximum Gasteiger partial charge on any atom is 0.232 e. The van der Waals surface area contributed by atoms with Crippen molar-refractivity contribution in [1.82, 2.24) is 9.88 Å². The molecule has 0 amide bonds. The Bertz CT molecular complexity index is 884. The SMILES string of the molecule is CC(C)=C1Oc2c3c(cc(C)c2C1=O)OCN(Cc1ccccn1)C3. The molecule has 0 unspecified atom stereocenters. The highest BCUT2D eigenvalue weighted by Crippen LogP contribution is 2.44. The lowest BCUT2D eigenvalue weighted by atomic mass is 9.98. The van der Waals surface area contributed by atoms with E-state index in [2.05, 4.69) is 9.88 Å². The largest absolute Gasteiger partial charge is 0.478 e. The Kier molecular flexibility index (Phi) is 3.81. The number of pyridine rings is 1. The lowest BCUT2D eigenvalue weighted by Gasteiger charge is -2.29. The first-order valence-corrected chi connectivity index (χ1v) is 8.36. The molecule has 0 N–H and O–H groups in total. The summed E-state index contributed by atoms with van der Waals surface area (Å²) in [4.78, 5) is 19.2. The van der Waals surface area contributed by atoms with Crippen molar-refractivity contribution >= 4 is 5.78 Å². The van der Waals surface area contributed by atoms with Gasteiger partial charge in [-0.3, -0.25) is 14.7 Å². The normalized spacial score (nSPS) is 16.1. The van der Waals surface area contributed by atoms with E-state index in [1.807, 2.05) is 45.0 Å². The van der Waals surface area contributed by atoms with Gasteiger partial charge in [-0.25, -0.2) is 0 Å². The van der Waals surface area contributed by atoms with Crippen LogP contribution in [0.5, 0.6) is 11.5 Å². The minimum absolute atomic E-state index is 0.0304. The molecule has 3 heterocycles. The highest BCUT2D eigenvalue weighted by atomic mass is 16.5. The number of rotatable bonds is 2. The molecule has 0 atom stereocenters. The van der Waals surface area contributed by atoms with Gasteiger partial charge < -0.3 is 9.47 Å². The third-order valence-electron chi connectivity index (χ3n) is 4.53. The predicted octanol–water partition coefficient (Wildman–Crippen LogP) is 3.61. The van der Waals surface area contributed by atoms with Crippen molar-refractivity contribution in [3.05, 3.63) is 64.2 Å². The average molecular weight is 336 g/mol. The monoisotopic (exact) mass is 336 g/mol. The van der Waals surface area contributed by atoms with Crippen molar-refractivity contribution in [2.75, 3.05) is 6.73 Å². The zero-order valence-corrected chi connectivity index (χ0v) is 14.6. The van der Waals surface area contributed by atoms with Crippen LogP contribution in [0.3, 0.4) is 0 Å². The Balaban J connectivity index is 1.69. The summed E-state index contributed by atoms with van der Waals surface area (Å²) < 4.78 is 11.9. The van der Waals surface area contributed by atoms with Gasteiger partial charge in [0.15, 0.2) is 5.76 Å². The molecule has 0 radical (unpaired) electrons. The summed E-state index contributed by atoms with van der Waals surface area (Å²) in [6, 6.07) is 7.82. The fourth-order valence-corrected chi connectivity index (χ4v) is 3.31. The molecular weight excluding hydrogens is 316 g/mol. The van der Waals surface area contributed by atoms with Gasteiger partial charge in [0.2, 0.25) is 5.78 Å². The highest BCUT2D eigenvalue weighted by Gasteiger charge is 2.35. The lowest BCUT2D eigenvalue weighted by Crippen LogP contribution is -2.32. The van der Waals surface area contributed by atoms with Crippen molar-refractivity contribution in [2.24, 2.45) is 0 Å². The van der Waals surface area contributed by atoms with Gasteiger partial charge in [0, 0.05) is 19.3 Å². The lowest BCUT2D eigenvalue weighted by molar-refractivity contribution is 0.0860. The van der Waals surface area contributed by atoms with Gasteiger partial charge in [0.05, 0.1) is 16.8 Å². The molecule has 5 heteroatoms. The molecular formula is C20H20N2O3. The van der Waals surface area contributed by atoms with E-state index in [0.29, 0.717) is 36.9 Å². The van der Waals surface area contributed by atoms with E-state index in [4.69, 9.17) is 9.47 Å². The summed E-state index contributed by atoms with van der Waals surface area (Å²) in [5.74, 6) is 1.86. The Morgan fingerprint density at radius 3 is 2.88 bits per heavy atom. The van der Waals surface area contributed by atoms with E-state index < -0.39 is 0 Å². The minimum Gasteiger partial charge on any atom is -0.478 e. The van der Waals surface area contributed by atoms with Crippen LogP contribution >= 0.6 is 0 Å². The molecule has 2 aliphatic rings. The van der Waals surface area contributed by atoms with Crippen molar-refractivity contribution in [2.45, 2.75) is 33.9 Å². The van der Waals surface area contributed by atoms with Crippen LogP contribution in [0.4, 0.5) is 0 Å². The molecule has 2 aromatic rings. The van der Waals surface area contributed by atoms with Crippen LogP contribution in [0.25, 0.3) is 0 Å². The van der Waals surface area contributed by atoms with Crippen LogP contribution in [0.15, 0.2) is 41.8 Å². The van der Waals surface area contributed by atoms with E-state index in [1.165, 1.54) is 0 Å². The molecule has 2 aliphatic heterocycles. The van der Waals surface area contributed by atoms with Gasteiger partial charge in [-0.05, 0) is 50.1 Å². The molecule has 0 saturated carbocycles. The zero-order valence-electron chi connectivity index (χ0n) is 14.6. The van der Waals surface area contributed by atoms with E-state index in [-0.39, 0.29) is 5.78 Å². The number of benzene rings is 1. The molecule has 128 valence electrons. The van der Waals surface area contributed by atoms with Crippen molar-refractivity contribution in [3.63, 3.8) is 0 Å². The molecule has 0 saturated heterocycles. The van der Waals surface area contributed by atoms with E-state index in [9.17, 15) is 4.79 Å². The summed E-state index contributed by atoms with van der Waals surface area (Å²) in [6.45, 7) is 7.56. The Labute approximate surface area is 146 Å². The summed E-state index contributed by atoms with van der Waals surface area (Å²) in [5, 5.41) is 0. The van der Waals surface area contributed by atoms with E-state index in [0.717, 1.165) is 28.1 Å². The number of aromatic nitrogens is 1. The topological polar surface area (TPSA) is 51.7 Å². The number of fused-ring (bicyclic) bond motifs is 3. The number of ether oxygens (including phenoxy) is 2. The van der Waals surface area contributed by atoms with Gasteiger partial charge in [0.25, 0.3) is 0 Å². The second-order valence-electron chi connectivity index (χ2n) is 6.72. The van der Waals surface area contributed by atoms with Crippen LogP contribution in [0.2, 0.25) is 0 Å². The van der Waals surface area contributed by atoms with Gasteiger partial charge in [-0.15, -0.1) is 0 Å². The first-order chi connectivity index (χ1) is 12.0. The van der Waals surface area contributed by atoms with Crippen LogP contribution in [-0.4, -0.2) is 22.4 Å². The number of allylic oxidation sites excluding steroid dienone is 2. The molecule has 0 spiro atoms. The third-order valence-corrected chi connectivity index (χ3v) is 4.53. The number of hydrogen-bond acceptors (Lipinski definition) is 5. The number of aryl methyl sites for hydroxylation is 1. The Hall–Kier alpha value is -2.66. The highest BCUT2D eigenvalue weighted by molar-refractivity contribution is 6.14. The number of Topliss-reactive ketones (excluding diaryl/α,β-unsaturated/α-hetero) is 1. The summed E-state index contributed by atoms with van der Waals surface area (Å²) in [6.07, 6.45) is 1.79. The Morgan fingerprint density at radius 2 is 2.16 bits per heavy atom. The first kappa shape index (κ1) is 15.8. The summed E-state index contributed by atoms with van der Waals surface area (Å²) >= 11 is 0. The quantitative estimate of drug-likeness (QED) is 0.784. The van der Waals surface area contributed by atoms with Crippen molar-refractivity contribution < 1.29 is 14.3 Å². The van der Waals surface area contributed by atoms with Crippen molar-refractivity contribution in [1.29, 1.82) is 0 Å². The number of hydrogen-bond donors (Lipinski definition) is 0. The maximum atomic E-state index is 12.7. The zero-order chi connectivity index (χ0) is 17.6. The summed E-state index contributed by atoms with van der Waals surface area (Å²) in [7, 11) is 0. The molecule has 1 aromatic carbocycles. The predicted molar refractivity (Wildman–Crippen MR) is 93.5 cm³/mol. The fraction of sp³-hybridized carbons (Fsp3) is 0.300. The standard InChI is InChI=1S/C20H20N2O3/c1-12(2)19-18(23)17-13(3)8-16-15(20(17)25-19)10-22(11-24-16)9-14-6-4-5-7-21-14/h4-8H,9-11H2,1-3H3. The summed E-state index contributed by atoms with van der Waals surface area (Å²) in [5.41, 5.74) is 4.37. The van der Waals surface area contributed by atoms with Gasteiger partial charge in [0.1, 0.15) is 18.2 Å². The van der Waals surface area contributed by atoms with E-state index in [1.54, 1.807) is 6.20 Å². The fourth-order valence-electron chi connectivity index (χ4n) is 3.31. The molecule has 0 fully saturated rings. The van der Waals surface area contributed by atoms with Gasteiger partial charge in [-0.1, -0.05) is 6.07 Å². The van der Waals surface area contributed by atoms with Crippen LogP contribution in [-0.2, 0) is 13.1 Å². The smallest absolute Gasteiger partial charge is 0.232 e. The second kappa shape index (κ2) is 6.01. The molecule has 5 nitrogen and oxygen atoms in total. The molecule has 4 rings (SSSR count). The second-order valence-corrected chi connectivity index (χ2v) is 6.72. The third kappa shape index (κ3) is 2.70. The Morgan fingerprint density at radius 1 is 1.32 bits per heavy atom. The number of nitrogens with zero attached hydrogens (tertiary/aromatic N) is 2. The molecule has 1 aromatic heterocycles. The molecule has 25 heavy (non-hydrogen) atoms.